The Bertz CT molecular complexity index is 543. The van der Waals surface area contributed by atoms with Crippen LogP contribution in [0.2, 0.25) is 0 Å². The van der Waals surface area contributed by atoms with Crippen LogP contribution in [0.1, 0.15) is 10.4 Å². The van der Waals surface area contributed by atoms with Crippen molar-refractivity contribution in [1.29, 1.82) is 0 Å². The van der Waals surface area contributed by atoms with E-state index in [2.05, 4.69) is 4.18 Å². The van der Waals surface area contributed by atoms with Gasteiger partial charge in [0.2, 0.25) is 0 Å². The summed E-state index contributed by atoms with van der Waals surface area (Å²) in [6.45, 7) is 0.851. The average Bonchev–Trinajstić information content (AvgIpc) is 2.36. The van der Waals surface area contributed by atoms with Gasteiger partial charge >= 0.3 is 5.97 Å². The van der Waals surface area contributed by atoms with E-state index in [0.717, 1.165) is 11.9 Å². The monoisotopic (exact) mass is 321 g/mol. The molecule has 0 amide bonds. The Kier molecular flexibility index (Phi) is 6.25. The van der Waals surface area contributed by atoms with Crippen LogP contribution in [0.5, 0.6) is 0 Å². The van der Waals surface area contributed by atoms with Crippen molar-refractivity contribution in [2.24, 2.45) is 0 Å². The highest BCUT2D eigenvalue weighted by Gasteiger charge is 2.09. The van der Waals surface area contributed by atoms with Crippen molar-refractivity contribution in [3.63, 3.8) is 0 Å². The summed E-state index contributed by atoms with van der Waals surface area (Å²) in [5.74, 6) is -0.639. The Balaban J connectivity index is 2.72. The van der Waals surface area contributed by atoms with E-state index in [-0.39, 0.29) is 12.2 Å². The molecule has 0 unspecified atom stereocenters. The SMILES string of the molecule is CS(=O)(=O)OCCN(CCCl)c1ccc(C(=O)O)cc1. The Morgan fingerprint density at radius 2 is 1.90 bits per heavy atom. The predicted octanol–water partition coefficient (Wildman–Crippen LogP) is 1.41. The van der Waals surface area contributed by atoms with E-state index >= 15 is 0 Å². The maximum absolute atomic E-state index is 10.9. The third kappa shape index (κ3) is 5.77. The van der Waals surface area contributed by atoms with Gasteiger partial charge in [-0.05, 0) is 24.3 Å². The predicted molar refractivity (Wildman–Crippen MR) is 77.1 cm³/mol. The van der Waals surface area contributed by atoms with Crippen molar-refractivity contribution in [2.75, 3.05) is 36.7 Å². The van der Waals surface area contributed by atoms with Crippen molar-refractivity contribution in [2.45, 2.75) is 0 Å². The lowest BCUT2D eigenvalue weighted by Crippen LogP contribution is -2.30. The van der Waals surface area contributed by atoms with E-state index in [1.54, 1.807) is 12.1 Å². The maximum atomic E-state index is 10.9. The Morgan fingerprint density at radius 1 is 1.30 bits per heavy atom. The van der Waals surface area contributed by atoms with Crippen LogP contribution in [0.4, 0.5) is 5.69 Å². The molecule has 1 N–H and O–H groups in total. The Morgan fingerprint density at radius 3 is 2.35 bits per heavy atom. The summed E-state index contributed by atoms with van der Waals surface area (Å²) in [6.07, 6.45) is 0.987. The first-order chi connectivity index (χ1) is 9.33. The number of carboxylic acid groups (broad SMARTS) is 1. The lowest BCUT2D eigenvalue weighted by atomic mass is 10.2. The summed E-state index contributed by atoms with van der Waals surface area (Å²) >= 11 is 5.70. The quantitative estimate of drug-likeness (QED) is 0.575. The first kappa shape index (κ1) is 16.7. The second-order valence-corrected chi connectivity index (χ2v) is 6.08. The van der Waals surface area contributed by atoms with E-state index in [4.69, 9.17) is 16.7 Å². The molecular weight excluding hydrogens is 306 g/mol. The van der Waals surface area contributed by atoms with Crippen molar-refractivity contribution < 1.29 is 22.5 Å². The first-order valence-electron chi connectivity index (χ1n) is 5.82. The number of aromatic carboxylic acids is 1. The van der Waals surface area contributed by atoms with Crippen LogP contribution >= 0.6 is 11.6 Å². The van der Waals surface area contributed by atoms with Crippen LogP contribution < -0.4 is 4.90 Å². The number of anilines is 1. The number of hydrogen-bond acceptors (Lipinski definition) is 5. The second kappa shape index (κ2) is 7.47. The summed E-state index contributed by atoms with van der Waals surface area (Å²) < 4.78 is 26.5. The molecule has 0 atom stereocenters. The first-order valence-corrected chi connectivity index (χ1v) is 8.17. The highest BCUT2D eigenvalue weighted by atomic mass is 35.5. The van der Waals surface area contributed by atoms with E-state index < -0.39 is 16.1 Å². The molecular formula is C12H16ClNO5S. The molecule has 0 spiro atoms. The van der Waals surface area contributed by atoms with Crippen molar-refractivity contribution in [3.8, 4) is 0 Å². The van der Waals surface area contributed by atoms with Crippen molar-refractivity contribution in [1.82, 2.24) is 0 Å². The average molecular weight is 322 g/mol. The van der Waals surface area contributed by atoms with Gasteiger partial charge in [0.25, 0.3) is 10.1 Å². The molecule has 0 saturated heterocycles. The molecule has 1 aromatic rings. The number of nitrogens with zero attached hydrogens (tertiary/aromatic N) is 1. The molecule has 0 aliphatic rings. The smallest absolute Gasteiger partial charge is 0.335 e. The molecule has 20 heavy (non-hydrogen) atoms. The van der Waals surface area contributed by atoms with Crippen molar-refractivity contribution in [3.05, 3.63) is 29.8 Å². The van der Waals surface area contributed by atoms with Crippen LogP contribution in [-0.2, 0) is 14.3 Å². The zero-order chi connectivity index (χ0) is 15.2. The molecule has 0 aliphatic carbocycles. The highest BCUT2D eigenvalue weighted by Crippen LogP contribution is 2.15. The van der Waals surface area contributed by atoms with Crippen LogP contribution in [0.15, 0.2) is 24.3 Å². The molecule has 0 bridgehead atoms. The van der Waals surface area contributed by atoms with Gasteiger partial charge in [0.1, 0.15) is 0 Å². The van der Waals surface area contributed by atoms with E-state index in [0.29, 0.717) is 19.0 Å². The molecule has 1 rings (SSSR count). The lowest BCUT2D eigenvalue weighted by molar-refractivity contribution is 0.0697. The van der Waals surface area contributed by atoms with Crippen molar-refractivity contribution >= 4 is 33.4 Å². The van der Waals surface area contributed by atoms with Crippen LogP contribution in [0.3, 0.4) is 0 Å². The second-order valence-electron chi connectivity index (χ2n) is 4.05. The highest BCUT2D eigenvalue weighted by molar-refractivity contribution is 7.85. The van der Waals surface area contributed by atoms with Crippen LogP contribution in [-0.4, -0.2) is 51.3 Å². The van der Waals surface area contributed by atoms with Gasteiger partial charge in [0.15, 0.2) is 0 Å². The molecule has 8 heteroatoms. The van der Waals surface area contributed by atoms with E-state index in [9.17, 15) is 13.2 Å². The van der Waals surface area contributed by atoms with Gasteiger partial charge in [0.05, 0.1) is 18.4 Å². The summed E-state index contributed by atoms with van der Waals surface area (Å²) in [5.41, 5.74) is 0.944. The molecule has 0 fully saturated rings. The van der Waals surface area contributed by atoms with Gasteiger partial charge in [-0.15, -0.1) is 11.6 Å². The number of halogens is 1. The standard InChI is InChI=1S/C12H16ClNO5S/c1-20(17,18)19-9-8-14(7-6-13)11-4-2-10(3-5-11)12(15)16/h2-5H,6-9H2,1H3,(H,15,16). The molecule has 1 aromatic carbocycles. The van der Waals surface area contributed by atoms with Gasteiger partial charge in [0, 0.05) is 24.7 Å². The molecule has 0 radical (unpaired) electrons. The molecule has 0 aromatic heterocycles. The van der Waals surface area contributed by atoms with Gasteiger partial charge in [-0.25, -0.2) is 4.79 Å². The fourth-order valence-electron chi connectivity index (χ4n) is 1.59. The molecule has 0 heterocycles. The number of rotatable bonds is 8. The van der Waals surface area contributed by atoms with Gasteiger partial charge in [-0.1, -0.05) is 0 Å². The zero-order valence-electron chi connectivity index (χ0n) is 11.0. The fourth-order valence-corrected chi connectivity index (χ4v) is 2.17. The van der Waals surface area contributed by atoms with Crippen LogP contribution in [0.25, 0.3) is 0 Å². The molecule has 112 valence electrons. The third-order valence-electron chi connectivity index (χ3n) is 2.49. The number of benzene rings is 1. The van der Waals surface area contributed by atoms with Gasteiger partial charge in [-0.3, -0.25) is 4.18 Å². The fraction of sp³-hybridized carbons (Fsp3) is 0.417. The largest absolute Gasteiger partial charge is 0.478 e. The zero-order valence-corrected chi connectivity index (χ0v) is 12.5. The third-order valence-corrected chi connectivity index (χ3v) is 3.26. The van der Waals surface area contributed by atoms with Gasteiger partial charge in [-0.2, -0.15) is 8.42 Å². The summed E-state index contributed by atoms with van der Waals surface area (Å²) in [7, 11) is -3.47. The normalized spacial score (nSPS) is 11.3. The van der Waals surface area contributed by atoms with E-state index in [1.807, 2.05) is 4.90 Å². The summed E-state index contributed by atoms with van der Waals surface area (Å²) in [4.78, 5) is 12.6. The summed E-state index contributed by atoms with van der Waals surface area (Å²) in [5, 5.41) is 8.83. The minimum absolute atomic E-state index is 0.0103. The molecule has 6 nitrogen and oxygen atoms in total. The van der Waals surface area contributed by atoms with Gasteiger partial charge < -0.3 is 10.0 Å². The Hall–Kier alpha value is -1.31. The molecule has 0 aliphatic heterocycles. The Labute approximate surface area is 123 Å². The number of carbonyl (C=O) groups is 1. The minimum Gasteiger partial charge on any atom is -0.478 e. The number of hydrogen-bond donors (Lipinski definition) is 1. The minimum atomic E-state index is -3.47. The number of alkyl halides is 1. The maximum Gasteiger partial charge on any atom is 0.335 e. The topological polar surface area (TPSA) is 83.9 Å². The molecule has 0 saturated carbocycles. The van der Waals surface area contributed by atoms with Crippen LogP contribution in [0, 0.1) is 0 Å². The lowest BCUT2D eigenvalue weighted by Gasteiger charge is -2.23. The van der Waals surface area contributed by atoms with E-state index in [1.165, 1.54) is 12.1 Å². The number of carboxylic acids is 1. The summed E-state index contributed by atoms with van der Waals surface area (Å²) in [6, 6.07) is 6.26.